The Morgan fingerprint density at radius 2 is 2.07 bits per heavy atom. The number of carbonyl (C=O) groups excluding carboxylic acids is 1. The van der Waals surface area contributed by atoms with E-state index in [9.17, 15) is 4.79 Å². The number of hydrogen-bond acceptors (Lipinski definition) is 4. The van der Waals surface area contributed by atoms with Crippen molar-refractivity contribution in [1.29, 1.82) is 0 Å². The van der Waals surface area contributed by atoms with E-state index in [0.29, 0.717) is 0 Å². The molecule has 14 heavy (non-hydrogen) atoms. The van der Waals surface area contributed by atoms with Crippen LogP contribution in [0, 0.1) is 0 Å². The quantitative estimate of drug-likeness (QED) is 0.540. The van der Waals surface area contributed by atoms with E-state index < -0.39 is 0 Å². The van der Waals surface area contributed by atoms with Gasteiger partial charge in [0, 0.05) is 0 Å². The van der Waals surface area contributed by atoms with Crippen molar-refractivity contribution in [3.8, 4) is 0 Å². The first kappa shape index (κ1) is 9.08. The Bertz CT molecular complexity index is 378. The van der Waals surface area contributed by atoms with E-state index >= 15 is 0 Å². The number of amides is 1. The second kappa shape index (κ2) is 3.71. The number of nitrogens with zero attached hydrogens (tertiary/aromatic N) is 1. The van der Waals surface area contributed by atoms with Crippen LogP contribution in [0.4, 0.5) is 0 Å². The van der Waals surface area contributed by atoms with Crippen LogP contribution in [0.2, 0.25) is 0 Å². The lowest BCUT2D eigenvalue weighted by Gasteiger charge is -2.03. The fraction of sp³-hybridized carbons (Fsp3) is 0.111. The van der Waals surface area contributed by atoms with Gasteiger partial charge in [0.25, 0.3) is 0 Å². The van der Waals surface area contributed by atoms with Crippen LogP contribution in [0.3, 0.4) is 0 Å². The van der Waals surface area contributed by atoms with E-state index in [2.05, 4.69) is 10.5 Å². The Kier molecular flexibility index (Phi) is 2.41. The highest BCUT2D eigenvalue weighted by molar-refractivity contribution is 8.15. The summed E-state index contributed by atoms with van der Waals surface area (Å²) >= 11 is 1.21. The minimum Gasteiger partial charge on any atom is -0.409 e. The third-order valence-electron chi connectivity index (χ3n) is 1.89. The summed E-state index contributed by atoms with van der Waals surface area (Å²) in [5.74, 6) is -0.144. The molecule has 1 aromatic carbocycles. The molecule has 4 nitrogen and oxygen atoms in total. The molecule has 1 aromatic rings. The van der Waals surface area contributed by atoms with Gasteiger partial charge in [0.15, 0.2) is 0 Å². The van der Waals surface area contributed by atoms with Gasteiger partial charge < -0.3 is 10.5 Å². The molecular weight excluding hydrogens is 200 g/mol. The van der Waals surface area contributed by atoms with Crippen LogP contribution in [0.1, 0.15) is 10.8 Å². The van der Waals surface area contributed by atoms with E-state index in [-0.39, 0.29) is 16.3 Å². The van der Waals surface area contributed by atoms with Gasteiger partial charge in [0.05, 0.1) is 0 Å². The summed E-state index contributed by atoms with van der Waals surface area (Å²) in [5.41, 5.74) is 0.911. The van der Waals surface area contributed by atoms with Crippen LogP contribution < -0.4 is 5.32 Å². The van der Waals surface area contributed by atoms with Crippen molar-refractivity contribution in [2.24, 2.45) is 5.16 Å². The maximum absolute atomic E-state index is 11.4. The number of nitrogens with one attached hydrogen (secondary N) is 1. The van der Waals surface area contributed by atoms with E-state index in [1.807, 2.05) is 30.3 Å². The number of oxime groups is 1. The molecule has 1 fully saturated rings. The summed E-state index contributed by atoms with van der Waals surface area (Å²) in [6, 6.07) is 9.38. The average Bonchev–Trinajstić information content (AvgIpc) is 2.61. The molecule has 2 N–H and O–H groups in total. The third-order valence-corrected chi connectivity index (χ3v) is 3.02. The normalized spacial score (nSPS) is 23.9. The Morgan fingerprint density at radius 1 is 1.36 bits per heavy atom. The van der Waals surface area contributed by atoms with Crippen LogP contribution >= 0.6 is 11.8 Å². The number of carbonyl (C=O) groups is 1. The molecule has 0 spiro atoms. The topological polar surface area (TPSA) is 61.7 Å². The van der Waals surface area contributed by atoms with Crippen LogP contribution in [0.15, 0.2) is 35.5 Å². The maximum atomic E-state index is 11.4. The molecule has 0 aliphatic carbocycles. The minimum atomic E-state index is -0.304. The van der Waals surface area contributed by atoms with Crippen molar-refractivity contribution in [2.75, 3.05) is 0 Å². The fourth-order valence-corrected chi connectivity index (χ4v) is 2.15. The molecule has 2 rings (SSSR count). The summed E-state index contributed by atoms with van der Waals surface area (Å²) in [6.45, 7) is 0. The van der Waals surface area contributed by atoms with E-state index in [1.54, 1.807) is 0 Å². The highest BCUT2D eigenvalue weighted by Gasteiger charge is 2.31. The Morgan fingerprint density at radius 3 is 2.64 bits per heavy atom. The van der Waals surface area contributed by atoms with Gasteiger partial charge in [0.1, 0.15) is 5.25 Å². The predicted molar refractivity (Wildman–Crippen MR) is 54.1 cm³/mol. The van der Waals surface area contributed by atoms with Gasteiger partial charge in [-0.2, -0.15) is 0 Å². The van der Waals surface area contributed by atoms with Crippen molar-refractivity contribution in [3.63, 3.8) is 0 Å². The lowest BCUT2D eigenvalue weighted by Crippen LogP contribution is -2.21. The predicted octanol–water partition coefficient (Wildman–Crippen LogP) is 1.34. The van der Waals surface area contributed by atoms with Gasteiger partial charge in [-0.05, 0) is 5.56 Å². The Balaban J connectivity index is 2.25. The molecule has 0 radical (unpaired) electrons. The lowest BCUT2D eigenvalue weighted by atomic mass is 10.1. The van der Waals surface area contributed by atoms with Crippen LogP contribution in [-0.4, -0.2) is 16.3 Å². The van der Waals surface area contributed by atoms with E-state index in [1.165, 1.54) is 11.8 Å². The molecule has 1 heterocycles. The molecule has 1 saturated heterocycles. The molecule has 1 aliphatic rings. The van der Waals surface area contributed by atoms with Crippen molar-refractivity contribution < 1.29 is 10.0 Å². The first-order valence-corrected chi connectivity index (χ1v) is 4.94. The van der Waals surface area contributed by atoms with Crippen molar-refractivity contribution in [3.05, 3.63) is 35.9 Å². The number of thioether (sulfide) groups is 1. The summed E-state index contributed by atoms with van der Waals surface area (Å²) in [7, 11) is 0. The maximum Gasteiger partial charge on any atom is 0.244 e. The number of benzene rings is 1. The molecule has 0 bridgehead atoms. The second-order valence-electron chi connectivity index (χ2n) is 2.80. The highest BCUT2D eigenvalue weighted by atomic mass is 32.2. The van der Waals surface area contributed by atoms with Crippen molar-refractivity contribution >= 4 is 22.8 Å². The van der Waals surface area contributed by atoms with Gasteiger partial charge in [-0.15, -0.1) is 0 Å². The van der Waals surface area contributed by atoms with Crippen molar-refractivity contribution in [2.45, 2.75) is 5.25 Å². The van der Waals surface area contributed by atoms with E-state index in [4.69, 9.17) is 5.21 Å². The van der Waals surface area contributed by atoms with Crippen LogP contribution in [0.25, 0.3) is 0 Å². The molecule has 72 valence electrons. The zero-order valence-corrected chi connectivity index (χ0v) is 7.99. The molecule has 1 atom stereocenters. The average molecular weight is 208 g/mol. The summed E-state index contributed by atoms with van der Waals surface area (Å²) in [6.07, 6.45) is 0. The zero-order valence-electron chi connectivity index (χ0n) is 7.18. The minimum absolute atomic E-state index is 0.144. The smallest absolute Gasteiger partial charge is 0.244 e. The molecule has 0 aromatic heterocycles. The number of rotatable bonds is 1. The molecule has 0 saturated carbocycles. The highest BCUT2D eigenvalue weighted by Crippen LogP contribution is 2.33. The van der Waals surface area contributed by atoms with Gasteiger partial charge in [-0.1, -0.05) is 47.2 Å². The van der Waals surface area contributed by atoms with Gasteiger partial charge in [-0.25, -0.2) is 0 Å². The Hall–Kier alpha value is -1.49. The van der Waals surface area contributed by atoms with Crippen molar-refractivity contribution in [1.82, 2.24) is 5.32 Å². The molecule has 5 heteroatoms. The van der Waals surface area contributed by atoms with Crippen LogP contribution in [0.5, 0.6) is 0 Å². The SMILES string of the molecule is O=C1N/C(=N/O)SC1c1ccccc1. The summed E-state index contributed by atoms with van der Waals surface area (Å²) < 4.78 is 0. The lowest BCUT2D eigenvalue weighted by molar-refractivity contribution is -0.118. The molecule has 1 unspecified atom stereocenters. The monoisotopic (exact) mass is 208 g/mol. The number of hydrogen-bond donors (Lipinski definition) is 2. The van der Waals surface area contributed by atoms with Crippen LogP contribution in [-0.2, 0) is 4.79 Å². The van der Waals surface area contributed by atoms with E-state index in [0.717, 1.165) is 5.56 Å². The van der Waals surface area contributed by atoms with Gasteiger partial charge in [0.2, 0.25) is 11.1 Å². The standard InChI is InChI=1S/C9H8N2O2S/c12-8-7(14-9(10-8)11-13)6-4-2-1-3-5-6/h1-5,7,13H,(H,10,11,12). The fourth-order valence-electron chi connectivity index (χ4n) is 1.26. The summed E-state index contributed by atoms with van der Waals surface area (Å²) in [4.78, 5) is 11.4. The molecule has 1 aliphatic heterocycles. The third kappa shape index (κ3) is 1.58. The van der Waals surface area contributed by atoms with Gasteiger partial charge in [-0.3, -0.25) is 4.79 Å². The molecular formula is C9H8N2O2S. The zero-order chi connectivity index (χ0) is 9.97. The molecule has 1 amide bonds. The largest absolute Gasteiger partial charge is 0.409 e. The summed E-state index contributed by atoms with van der Waals surface area (Å²) in [5, 5.41) is 13.9. The second-order valence-corrected chi connectivity index (χ2v) is 3.90. The number of amidine groups is 1. The van der Waals surface area contributed by atoms with Gasteiger partial charge >= 0.3 is 0 Å². The first-order valence-electron chi connectivity index (χ1n) is 4.06. The first-order chi connectivity index (χ1) is 6.81. The Labute approximate surface area is 85.0 Å².